The first-order valence-electron chi connectivity index (χ1n) is 10.8. The second kappa shape index (κ2) is 9.41. The summed E-state index contributed by atoms with van der Waals surface area (Å²) in [7, 11) is 0. The summed E-state index contributed by atoms with van der Waals surface area (Å²) in [5, 5.41) is 25.1. The van der Waals surface area contributed by atoms with Crippen LogP contribution in [0.1, 0.15) is 54.6 Å². The van der Waals surface area contributed by atoms with Gasteiger partial charge in [-0.05, 0) is 56.4 Å². The van der Waals surface area contributed by atoms with E-state index in [0.717, 1.165) is 30.5 Å². The maximum Gasteiger partial charge on any atom is 0.234 e. The number of nitrogens with one attached hydrogen (secondary N) is 3. The van der Waals surface area contributed by atoms with Gasteiger partial charge >= 0.3 is 0 Å². The molecule has 1 fully saturated rings. The van der Waals surface area contributed by atoms with Gasteiger partial charge in [-0.3, -0.25) is 4.79 Å². The molecule has 1 aliphatic rings. The predicted molar refractivity (Wildman–Crippen MR) is 120 cm³/mol. The van der Waals surface area contributed by atoms with E-state index in [9.17, 15) is 9.90 Å². The molecule has 1 amide bonds. The van der Waals surface area contributed by atoms with Crippen LogP contribution in [0.15, 0.2) is 54.6 Å². The maximum atomic E-state index is 12.5. The quantitative estimate of drug-likeness (QED) is 0.471. The van der Waals surface area contributed by atoms with Gasteiger partial charge in [-0.15, -0.1) is 10.2 Å². The highest BCUT2D eigenvalue weighted by atomic mass is 16.3. The van der Waals surface area contributed by atoms with Crippen LogP contribution in [0.5, 0.6) is 0 Å². The second-order valence-electron chi connectivity index (χ2n) is 8.31. The van der Waals surface area contributed by atoms with Gasteiger partial charge in [0, 0.05) is 17.8 Å². The molecule has 7 heteroatoms. The number of aryl methyl sites for hydroxylation is 1. The lowest BCUT2D eigenvalue weighted by Crippen LogP contribution is -2.35. The number of rotatable bonds is 7. The number of aromatic amines is 1. The summed E-state index contributed by atoms with van der Waals surface area (Å²) in [6.45, 7) is 3.61. The number of H-pyrrole nitrogens is 1. The highest BCUT2D eigenvalue weighted by Gasteiger charge is 2.29. The van der Waals surface area contributed by atoms with E-state index in [0.29, 0.717) is 17.7 Å². The molecule has 1 aliphatic heterocycles. The third-order valence-corrected chi connectivity index (χ3v) is 5.92. The van der Waals surface area contributed by atoms with Gasteiger partial charge in [0.25, 0.3) is 0 Å². The van der Waals surface area contributed by atoms with Crippen molar-refractivity contribution in [3.8, 4) is 0 Å². The first-order valence-corrected chi connectivity index (χ1v) is 10.8. The van der Waals surface area contributed by atoms with Crippen molar-refractivity contribution in [1.82, 2.24) is 20.5 Å². The number of amides is 1. The molecule has 0 radical (unpaired) electrons. The molecule has 1 aromatic heterocycles. The van der Waals surface area contributed by atoms with Crippen molar-refractivity contribution in [3.63, 3.8) is 0 Å². The fraction of sp³-hybridized carbons (Fsp3) is 0.375. The SMILES string of the molecule is Cc1nnc(C(C)C(=O)Nc2ccc(C[C@@H]3CC[C@H]([C@H](O)c4ccccc4)N3)cc2)[nH]1. The Balaban J connectivity index is 1.29. The second-order valence-corrected chi connectivity index (χ2v) is 8.31. The molecule has 4 atom stereocenters. The molecular weight excluding hydrogens is 390 g/mol. The van der Waals surface area contributed by atoms with E-state index in [4.69, 9.17) is 0 Å². The molecule has 0 saturated carbocycles. The highest BCUT2D eigenvalue weighted by Crippen LogP contribution is 2.27. The van der Waals surface area contributed by atoms with Gasteiger partial charge in [-0.2, -0.15) is 0 Å². The van der Waals surface area contributed by atoms with Crippen molar-refractivity contribution in [3.05, 3.63) is 77.4 Å². The topological polar surface area (TPSA) is 103 Å². The first kappa shape index (κ1) is 21.2. The van der Waals surface area contributed by atoms with Crippen molar-refractivity contribution >= 4 is 11.6 Å². The smallest absolute Gasteiger partial charge is 0.234 e. The molecule has 3 aromatic rings. The van der Waals surface area contributed by atoms with Crippen LogP contribution in [-0.2, 0) is 11.2 Å². The monoisotopic (exact) mass is 419 g/mol. The van der Waals surface area contributed by atoms with Gasteiger partial charge in [0.2, 0.25) is 5.91 Å². The zero-order chi connectivity index (χ0) is 21.8. The number of hydrogen-bond donors (Lipinski definition) is 4. The average molecular weight is 420 g/mol. The van der Waals surface area contributed by atoms with Gasteiger partial charge in [0.1, 0.15) is 11.6 Å². The standard InChI is InChI=1S/C24H29N5O2/c1-15(23-25-16(2)28-29-23)24(31)27-19-10-8-17(9-11-19)14-20-12-13-21(26-20)22(30)18-6-4-3-5-7-18/h3-11,15,20-22,26,30H,12-14H2,1-2H3,(H,27,31)(H,25,28,29)/t15?,20-,21+,22+/m0/s1. The van der Waals surface area contributed by atoms with Gasteiger partial charge < -0.3 is 20.7 Å². The molecule has 0 bridgehead atoms. The van der Waals surface area contributed by atoms with Crippen molar-refractivity contribution in [2.75, 3.05) is 5.32 Å². The van der Waals surface area contributed by atoms with Gasteiger partial charge in [-0.1, -0.05) is 42.5 Å². The van der Waals surface area contributed by atoms with Crippen LogP contribution in [0, 0.1) is 6.92 Å². The van der Waals surface area contributed by atoms with E-state index in [1.54, 1.807) is 6.92 Å². The lowest BCUT2D eigenvalue weighted by atomic mass is 10.0. The Hall–Kier alpha value is -3.03. The van der Waals surface area contributed by atoms with E-state index in [-0.39, 0.29) is 11.9 Å². The number of benzene rings is 2. The van der Waals surface area contributed by atoms with Crippen molar-refractivity contribution in [1.29, 1.82) is 0 Å². The lowest BCUT2D eigenvalue weighted by Gasteiger charge is -2.20. The molecule has 7 nitrogen and oxygen atoms in total. The molecule has 1 unspecified atom stereocenters. The number of carbonyl (C=O) groups excluding carboxylic acids is 1. The van der Waals surface area contributed by atoms with E-state index in [1.807, 2.05) is 61.5 Å². The molecule has 2 aromatic carbocycles. The molecule has 162 valence electrons. The van der Waals surface area contributed by atoms with Gasteiger partial charge in [0.05, 0.1) is 12.0 Å². The van der Waals surface area contributed by atoms with Crippen LogP contribution in [0.25, 0.3) is 0 Å². The Morgan fingerprint density at radius 2 is 1.87 bits per heavy atom. The van der Waals surface area contributed by atoms with E-state index < -0.39 is 12.0 Å². The van der Waals surface area contributed by atoms with Gasteiger partial charge in [-0.25, -0.2) is 0 Å². The summed E-state index contributed by atoms with van der Waals surface area (Å²) >= 11 is 0. The minimum atomic E-state index is -0.487. The summed E-state index contributed by atoms with van der Waals surface area (Å²) in [5.74, 6) is 0.722. The molecule has 0 aliphatic carbocycles. The minimum Gasteiger partial charge on any atom is -0.387 e. The summed E-state index contributed by atoms with van der Waals surface area (Å²) in [6.07, 6.45) is 2.38. The van der Waals surface area contributed by atoms with E-state index >= 15 is 0 Å². The van der Waals surface area contributed by atoms with Crippen LogP contribution in [0.2, 0.25) is 0 Å². The molecule has 4 rings (SSSR count). The molecular formula is C24H29N5O2. The zero-order valence-electron chi connectivity index (χ0n) is 17.9. The average Bonchev–Trinajstić information content (AvgIpc) is 3.44. The van der Waals surface area contributed by atoms with Crippen LogP contribution in [0.4, 0.5) is 5.69 Å². The molecule has 4 N–H and O–H groups in total. The minimum absolute atomic E-state index is 0.0761. The predicted octanol–water partition coefficient (Wildman–Crippen LogP) is 3.25. The van der Waals surface area contributed by atoms with Crippen LogP contribution in [-0.4, -0.2) is 38.3 Å². The Morgan fingerprint density at radius 3 is 2.55 bits per heavy atom. The van der Waals surface area contributed by atoms with Crippen LogP contribution in [0.3, 0.4) is 0 Å². The Kier molecular flexibility index (Phi) is 6.44. The Labute approximate surface area is 182 Å². The lowest BCUT2D eigenvalue weighted by molar-refractivity contribution is -0.117. The third kappa shape index (κ3) is 5.18. The Morgan fingerprint density at radius 1 is 1.13 bits per heavy atom. The molecule has 1 saturated heterocycles. The van der Waals surface area contributed by atoms with Crippen molar-refractivity contribution < 1.29 is 9.90 Å². The number of aliphatic hydroxyl groups is 1. The van der Waals surface area contributed by atoms with Crippen molar-refractivity contribution in [2.24, 2.45) is 0 Å². The summed E-state index contributed by atoms with van der Waals surface area (Å²) in [5.41, 5.74) is 2.91. The number of aromatic nitrogens is 3. The maximum absolute atomic E-state index is 12.5. The van der Waals surface area contributed by atoms with E-state index in [1.165, 1.54) is 5.56 Å². The number of nitrogens with zero attached hydrogens (tertiary/aromatic N) is 2. The number of hydrogen-bond acceptors (Lipinski definition) is 5. The number of carbonyl (C=O) groups is 1. The summed E-state index contributed by atoms with van der Waals surface area (Å²) in [4.78, 5) is 15.5. The fourth-order valence-corrected chi connectivity index (χ4v) is 4.09. The van der Waals surface area contributed by atoms with Crippen LogP contribution >= 0.6 is 0 Å². The molecule has 0 spiro atoms. The molecule has 31 heavy (non-hydrogen) atoms. The first-order chi connectivity index (χ1) is 15.0. The zero-order valence-corrected chi connectivity index (χ0v) is 17.9. The fourth-order valence-electron chi connectivity index (χ4n) is 4.09. The summed E-state index contributed by atoms with van der Waals surface area (Å²) in [6, 6.07) is 18.2. The number of anilines is 1. The van der Waals surface area contributed by atoms with Crippen molar-refractivity contribution in [2.45, 2.75) is 57.2 Å². The largest absolute Gasteiger partial charge is 0.387 e. The summed E-state index contributed by atoms with van der Waals surface area (Å²) < 4.78 is 0. The van der Waals surface area contributed by atoms with Crippen LogP contribution < -0.4 is 10.6 Å². The number of aliphatic hydroxyl groups excluding tert-OH is 1. The molecule has 2 heterocycles. The normalized spacial score (nSPS) is 20.4. The highest BCUT2D eigenvalue weighted by molar-refractivity contribution is 5.95. The van der Waals surface area contributed by atoms with Gasteiger partial charge in [0.15, 0.2) is 0 Å². The Bertz CT molecular complexity index is 1000. The van der Waals surface area contributed by atoms with E-state index in [2.05, 4.69) is 25.8 Å². The third-order valence-electron chi connectivity index (χ3n) is 5.92.